The molecule has 0 saturated heterocycles. The number of nitrogens with zero attached hydrogens (tertiary/aromatic N) is 1. The fourth-order valence-electron chi connectivity index (χ4n) is 4.24. The minimum absolute atomic E-state index is 0.00857. The van der Waals surface area contributed by atoms with Crippen molar-refractivity contribution >= 4 is 40.5 Å². The van der Waals surface area contributed by atoms with Crippen LogP contribution in [0.1, 0.15) is 42.6 Å². The second kappa shape index (κ2) is 13.2. The summed E-state index contributed by atoms with van der Waals surface area (Å²) in [5.74, 6) is -0.193. The molecule has 3 aromatic carbocycles. The number of ether oxygens (including phenoxy) is 2. The highest BCUT2D eigenvalue weighted by Crippen LogP contribution is 2.32. The van der Waals surface area contributed by atoms with Gasteiger partial charge in [-0.2, -0.15) is 0 Å². The van der Waals surface area contributed by atoms with E-state index in [2.05, 4.69) is 10.3 Å². The zero-order chi connectivity index (χ0) is 28.5. The van der Waals surface area contributed by atoms with E-state index < -0.39 is 5.97 Å². The van der Waals surface area contributed by atoms with E-state index in [-0.39, 0.29) is 24.5 Å². The van der Waals surface area contributed by atoms with Crippen molar-refractivity contribution in [2.45, 2.75) is 26.7 Å². The molecular weight excluding hydrogens is 508 g/mol. The average molecular weight is 539 g/mol. The minimum atomic E-state index is -1.05. The monoisotopic (exact) mass is 538 g/mol. The number of Topliss-reactive ketones (excluding diaryl/α,β-unsaturated/α-hetero) is 1. The van der Waals surface area contributed by atoms with E-state index in [0.29, 0.717) is 47.2 Å². The van der Waals surface area contributed by atoms with Crippen molar-refractivity contribution < 1.29 is 29.0 Å². The first-order chi connectivity index (χ1) is 19.4. The van der Waals surface area contributed by atoms with Crippen LogP contribution < -0.4 is 14.8 Å². The van der Waals surface area contributed by atoms with Crippen molar-refractivity contribution in [2.75, 3.05) is 18.5 Å². The number of carboxylic acid groups (broad SMARTS) is 1. The molecule has 204 valence electrons. The lowest BCUT2D eigenvalue weighted by Gasteiger charge is -2.13. The molecule has 0 unspecified atom stereocenters. The predicted molar refractivity (Wildman–Crippen MR) is 155 cm³/mol. The number of hydrogen-bond donors (Lipinski definition) is 2. The third-order valence-corrected chi connectivity index (χ3v) is 6.05. The van der Waals surface area contributed by atoms with E-state index in [1.807, 2.05) is 56.3 Å². The van der Waals surface area contributed by atoms with Crippen LogP contribution in [0.15, 0.2) is 78.9 Å². The highest BCUT2D eigenvalue weighted by molar-refractivity contribution is 6.02. The highest BCUT2D eigenvalue weighted by Gasteiger charge is 2.15. The number of rotatable bonds is 12. The van der Waals surface area contributed by atoms with Gasteiger partial charge in [-0.15, -0.1) is 0 Å². The maximum absolute atomic E-state index is 12.9. The molecule has 0 fully saturated rings. The van der Waals surface area contributed by atoms with E-state index in [1.165, 1.54) is 6.08 Å². The summed E-state index contributed by atoms with van der Waals surface area (Å²) < 4.78 is 11.2. The number of aromatic nitrogens is 1. The number of ketones is 1. The van der Waals surface area contributed by atoms with Gasteiger partial charge >= 0.3 is 5.97 Å². The third-order valence-electron chi connectivity index (χ3n) is 6.05. The maximum atomic E-state index is 12.9. The summed E-state index contributed by atoms with van der Waals surface area (Å²) in [6.07, 6.45) is 2.52. The number of anilines is 1. The number of aliphatic carboxylic acids is 1. The van der Waals surface area contributed by atoms with Crippen molar-refractivity contribution in [3.8, 4) is 22.6 Å². The van der Waals surface area contributed by atoms with Gasteiger partial charge in [-0.25, -0.2) is 9.78 Å². The van der Waals surface area contributed by atoms with Gasteiger partial charge in [0, 0.05) is 29.9 Å². The Labute approximate surface area is 232 Å². The Hall–Kier alpha value is -4.98. The zero-order valence-corrected chi connectivity index (χ0v) is 22.3. The molecule has 0 bridgehead atoms. The quantitative estimate of drug-likeness (QED) is 0.158. The molecule has 0 aliphatic carbocycles. The van der Waals surface area contributed by atoms with Gasteiger partial charge in [-0.05, 0) is 66.9 Å². The number of pyridine rings is 1. The van der Waals surface area contributed by atoms with E-state index in [4.69, 9.17) is 14.6 Å². The van der Waals surface area contributed by atoms with E-state index in [1.54, 1.807) is 30.3 Å². The van der Waals surface area contributed by atoms with Crippen molar-refractivity contribution in [2.24, 2.45) is 0 Å². The zero-order valence-electron chi connectivity index (χ0n) is 22.3. The number of benzene rings is 3. The Morgan fingerprint density at radius 2 is 1.62 bits per heavy atom. The lowest BCUT2D eigenvalue weighted by atomic mass is 9.99. The van der Waals surface area contributed by atoms with Crippen LogP contribution in [-0.4, -0.2) is 41.0 Å². The Morgan fingerprint density at radius 3 is 2.35 bits per heavy atom. The van der Waals surface area contributed by atoms with Crippen LogP contribution in [0, 0.1) is 0 Å². The summed E-state index contributed by atoms with van der Waals surface area (Å²) in [4.78, 5) is 41.3. The molecule has 0 aliphatic heterocycles. The van der Waals surface area contributed by atoms with E-state index in [9.17, 15) is 14.4 Å². The number of carbonyl (C=O) groups is 3. The Kier molecular flexibility index (Phi) is 9.25. The van der Waals surface area contributed by atoms with Crippen molar-refractivity contribution in [3.05, 3.63) is 90.0 Å². The van der Waals surface area contributed by atoms with Crippen molar-refractivity contribution in [3.63, 3.8) is 0 Å². The number of carboxylic acids is 1. The molecule has 0 atom stereocenters. The third kappa shape index (κ3) is 7.11. The van der Waals surface area contributed by atoms with Crippen LogP contribution in [0.25, 0.3) is 28.1 Å². The van der Waals surface area contributed by atoms with Gasteiger partial charge < -0.3 is 19.9 Å². The minimum Gasteiger partial charge on any atom is -0.490 e. The summed E-state index contributed by atoms with van der Waals surface area (Å²) in [6.45, 7) is 4.63. The molecule has 40 heavy (non-hydrogen) atoms. The molecule has 1 aromatic heterocycles. The summed E-state index contributed by atoms with van der Waals surface area (Å²) >= 11 is 0. The number of fused-ring (bicyclic) bond motifs is 1. The van der Waals surface area contributed by atoms with Gasteiger partial charge in [0.2, 0.25) is 5.91 Å². The summed E-state index contributed by atoms with van der Waals surface area (Å²) in [7, 11) is 0. The molecule has 4 rings (SSSR count). The molecule has 1 amide bonds. The summed E-state index contributed by atoms with van der Waals surface area (Å²) in [5.41, 5.74) is 3.51. The standard InChI is InChI=1S/C32H30N2O6/c1-3-39-28-15-12-23(19-29(28)40-4-2)27(35)14-16-31(36)34-30-20-25(22-8-6-5-7-9-22)24-13-10-21(11-17-32(37)38)18-26(24)33-30/h5-13,15,17-20H,3-4,14,16H2,1-2H3,(H,37,38)(H,33,34,36). The number of amides is 1. The second-order valence-electron chi connectivity index (χ2n) is 8.87. The van der Waals surface area contributed by atoms with Gasteiger partial charge in [-0.3, -0.25) is 9.59 Å². The molecule has 1 heterocycles. The van der Waals surface area contributed by atoms with Gasteiger partial charge in [0.1, 0.15) is 5.82 Å². The van der Waals surface area contributed by atoms with Gasteiger partial charge in [0.05, 0.1) is 18.7 Å². The van der Waals surface area contributed by atoms with Crippen LogP contribution in [0.4, 0.5) is 5.82 Å². The van der Waals surface area contributed by atoms with Gasteiger partial charge in [-0.1, -0.05) is 42.5 Å². The number of carbonyl (C=O) groups excluding carboxylic acids is 2. The molecule has 0 saturated carbocycles. The number of nitrogens with one attached hydrogen (secondary N) is 1. The van der Waals surface area contributed by atoms with Gasteiger partial charge in [0.15, 0.2) is 17.3 Å². The molecule has 0 spiro atoms. The SMILES string of the molecule is CCOc1ccc(C(=O)CCC(=O)Nc2cc(-c3ccccc3)c3ccc(C=CC(=O)O)cc3n2)cc1OCC. The van der Waals surface area contributed by atoms with Crippen LogP contribution in [0.2, 0.25) is 0 Å². The van der Waals surface area contributed by atoms with Crippen LogP contribution in [-0.2, 0) is 9.59 Å². The lowest BCUT2D eigenvalue weighted by molar-refractivity contribution is -0.131. The second-order valence-corrected chi connectivity index (χ2v) is 8.87. The number of hydrogen-bond acceptors (Lipinski definition) is 6. The average Bonchev–Trinajstić information content (AvgIpc) is 2.95. The Morgan fingerprint density at radius 1 is 0.875 bits per heavy atom. The summed E-state index contributed by atoms with van der Waals surface area (Å²) in [5, 5.41) is 12.6. The Balaban J connectivity index is 1.54. The van der Waals surface area contributed by atoms with Crippen molar-refractivity contribution in [1.29, 1.82) is 0 Å². The maximum Gasteiger partial charge on any atom is 0.328 e. The predicted octanol–water partition coefficient (Wildman–Crippen LogP) is 6.40. The molecule has 0 radical (unpaired) electrons. The Bertz CT molecular complexity index is 1560. The normalized spacial score (nSPS) is 10.9. The first-order valence-electron chi connectivity index (χ1n) is 13.0. The molecule has 0 aliphatic rings. The molecule has 8 nitrogen and oxygen atoms in total. The fourth-order valence-corrected chi connectivity index (χ4v) is 4.24. The fraction of sp³-hybridized carbons (Fsp3) is 0.188. The first-order valence-corrected chi connectivity index (χ1v) is 13.0. The van der Waals surface area contributed by atoms with Crippen molar-refractivity contribution in [1.82, 2.24) is 4.98 Å². The molecular formula is C32H30N2O6. The van der Waals surface area contributed by atoms with Gasteiger partial charge in [0.25, 0.3) is 0 Å². The molecule has 2 N–H and O–H groups in total. The lowest BCUT2D eigenvalue weighted by Crippen LogP contribution is -2.14. The molecule has 4 aromatic rings. The first kappa shape index (κ1) is 28.0. The smallest absolute Gasteiger partial charge is 0.328 e. The van der Waals surface area contributed by atoms with E-state index in [0.717, 1.165) is 22.6 Å². The van der Waals surface area contributed by atoms with E-state index >= 15 is 0 Å². The topological polar surface area (TPSA) is 115 Å². The van der Waals surface area contributed by atoms with Crippen LogP contribution >= 0.6 is 0 Å². The summed E-state index contributed by atoms with van der Waals surface area (Å²) in [6, 6.07) is 22.0. The largest absolute Gasteiger partial charge is 0.490 e. The molecule has 8 heteroatoms. The van der Waals surface area contributed by atoms with Crippen LogP contribution in [0.5, 0.6) is 11.5 Å². The van der Waals surface area contributed by atoms with Crippen LogP contribution in [0.3, 0.4) is 0 Å². The highest BCUT2D eigenvalue weighted by atomic mass is 16.5.